The summed E-state index contributed by atoms with van der Waals surface area (Å²) in [6.45, 7) is 2.30. The molecule has 0 spiro atoms. The van der Waals surface area contributed by atoms with Crippen molar-refractivity contribution in [3.8, 4) is 5.75 Å². The van der Waals surface area contributed by atoms with E-state index in [1.54, 1.807) is 0 Å². The van der Waals surface area contributed by atoms with Gasteiger partial charge < -0.3 is 10.1 Å². The van der Waals surface area contributed by atoms with Crippen LogP contribution in [-0.2, 0) is 11.4 Å². The molecule has 4 rings (SSSR count). The summed E-state index contributed by atoms with van der Waals surface area (Å²) in [4.78, 5) is 16.7. The van der Waals surface area contributed by atoms with Gasteiger partial charge in [-0.2, -0.15) is 0 Å². The standard InChI is InChI=1S/C22H20N4O2S/c1-15-6-4-9-17(12-15)28-13-20-24-22(26-25-20)29-14-21(27)23-19-11-5-8-16-7-2-3-10-18(16)19/h2-12H,13-14H2,1H3,(H,23,27)(H,24,25,26). The van der Waals surface area contributed by atoms with E-state index >= 15 is 0 Å². The predicted octanol–water partition coefficient (Wildman–Crippen LogP) is 4.58. The molecular formula is C22H20N4O2S. The highest BCUT2D eigenvalue weighted by Crippen LogP contribution is 2.23. The van der Waals surface area contributed by atoms with E-state index in [1.165, 1.54) is 11.8 Å². The number of aromatic nitrogens is 3. The minimum atomic E-state index is -0.103. The molecule has 1 heterocycles. The van der Waals surface area contributed by atoms with Gasteiger partial charge in [-0.15, -0.1) is 5.10 Å². The Morgan fingerprint density at radius 2 is 1.93 bits per heavy atom. The fraction of sp³-hybridized carbons (Fsp3) is 0.136. The molecule has 0 fully saturated rings. The van der Waals surface area contributed by atoms with Crippen molar-refractivity contribution in [3.05, 3.63) is 78.1 Å². The van der Waals surface area contributed by atoms with Crippen LogP contribution in [0.25, 0.3) is 10.8 Å². The van der Waals surface area contributed by atoms with Gasteiger partial charge in [0.1, 0.15) is 12.4 Å². The van der Waals surface area contributed by atoms with E-state index in [1.807, 2.05) is 73.7 Å². The Labute approximate surface area is 172 Å². The summed E-state index contributed by atoms with van der Waals surface area (Å²) in [5.41, 5.74) is 1.93. The van der Waals surface area contributed by atoms with E-state index in [4.69, 9.17) is 4.74 Å². The zero-order chi connectivity index (χ0) is 20.1. The molecule has 0 aliphatic rings. The zero-order valence-electron chi connectivity index (χ0n) is 15.9. The van der Waals surface area contributed by atoms with Crippen molar-refractivity contribution in [1.29, 1.82) is 0 Å². The van der Waals surface area contributed by atoms with Gasteiger partial charge in [-0.3, -0.25) is 9.89 Å². The molecule has 0 bridgehead atoms. The number of aromatic amines is 1. The number of nitrogens with zero attached hydrogens (tertiary/aromatic N) is 2. The molecule has 0 saturated heterocycles. The van der Waals surface area contributed by atoms with Crippen LogP contribution in [0, 0.1) is 6.92 Å². The van der Waals surface area contributed by atoms with Crippen LogP contribution < -0.4 is 10.1 Å². The molecule has 2 N–H and O–H groups in total. The van der Waals surface area contributed by atoms with E-state index < -0.39 is 0 Å². The lowest BCUT2D eigenvalue weighted by Crippen LogP contribution is -2.14. The van der Waals surface area contributed by atoms with Gasteiger partial charge in [0.2, 0.25) is 11.1 Å². The monoisotopic (exact) mass is 404 g/mol. The Hall–Kier alpha value is -3.32. The number of ether oxygens (including phenoxy) is 1. The quantitative estimate of drug-likeness (QED) is 0.441. The van der Waals surface area contributed by atoms with Crippen molar-refractivity contribution in [1.82, 2.24) is 15.2 Å². The van der Waals surface area contributed by atoms with Crippen LogP contribution in [0.3, 0.4) is 0 Å². The van der Waals surface area contributed by atoms with Gasteiger partial charge in [0.15, 0.2) is 5.82 Å². The van der Waals surface area contributed by atoms with Gasteiger partial charge in [0.25, 0.3) is 0 Å². The van der Waals surface area contributed by atoms with Crippen molar-refractivity contribution in [2.45, 2.75) is 18.7 Å². The third-order valence-electron chi connectivity index (χ3n) is 4.27. The predicted molar refractivity (Wildman–Crippen MR) is 115 cm³/mol. The number of hydrogen-bond donors (Lipinski definition) is 2. The van der Waals surface area contributed by atoms with Gasteiger partial charge >= 0.3 is 0 Å². The van der Waals surface area contributed by atoms with Crippen LogP contribution in [-0.4, -0.2) is 26.8 Å². The fourth-order valence-electron chi connectivity index (χ4n) is 2.91. The first-order chi connectivity index (χ1) is 14.2. The Morgan fingerprint density at radius 3 is 2.83 bits per heavy atom. The second-order valence-electron chi connectivity index (χ2n) is 6.53. The highest BCUT2D eigenvalue weighted by atomic mass is 32.2. The van der Waals surface area contributed by atoms with Crippen LogP contribution in [0.15, 0.2) is 71.9 Å². The number of thioether (sulfide) groups is 1. The van der Waals surface area contributed by atoms with Gasteiger partial charge in [0.05, 0.1) is 5.75 Å². The van der Waals surface area contributed by atoms with Crippen molar-refractivity contribution in [2.24, 2.45) is 0 Å². The second kappa shape index (κ2) is 8.79. The summed E-state index contributed by atoms with van der Waals surface area (Å²) < 4.78 is 5.71. The van der Waals surface area contributed by atoms with E-state index in [0.29, 0.717) is 17.6 Å². The number of aryl methyl sites for hydroxylation is 1. The Balaban J connectivity index is 1.30. The lowest BCUT2D eigenvalue weighted by molar-refractivity contribution is -0.113. The Morgan fingerprint density at radius 1 is 1.10 bits per heavy atom. The van der Waals surface area contributed by atoms with Crippen LogP contribution in [0.5, 0.6) is 5.75 Å². The highest BCUT2D eigenvalue weighted by Gasteiger charge is 2.10. The molecule has 0 atom stereocenters. The van der Waals surface area contributed by atoms with E-state index in [-0.39, 0.29) is 11.7 Å². The van der Waals surface area contributed by atoms with Crippen molar-refractivity contribution >= 4 is 34.1 Å². The van der Waals surface area contributed by atoms with Crippen LogP contribution in [0.1, 0.15) is 11.4 Å². The Bertz CT molecular complexity index is 1140. The first kappa shape index (κ1) is 19.0. The molecule has 0 unspecified atom stereocenters. The summed E-state index contributed by atoms with van der Waals surface area (Å²) in [5, 5.41) is 12.6. The SMILES string of the molecule is Cc1cccc(OCc2nc(SCC(=O)Nc3cccc4ccccc34)n[nH]2)c1. The maximum absolute atomic E-state index is 12.4. The number of hydrogen-bond acceptors (Lipinski definition) is 5. The lowest BCUT2D eigenvalue weighted by Gasteiger charge is -2.08. The third-order valence-corrected chi connectivity index (χ3v) is 5.12. The molecule has 1 amide bonds. The molecule has 146 valence electrons. The van der Waals surface area contributed by atoms with Crippen LogP contribution in [0.4, 0.5) is 5.69 Å². The molecule has 29 heavy (non-hydrogen) atoms. The maximum Gasteiger partial charge on any atom is 0.234 e. The first-order valence-corrected chi connectivity index (χ1v) is 10.2. The molecule has 1 aromatic heterocycles. The van der Waals surface area contributed by atoms with Crippen LogP contribution >= 0.6 is 11.8 Å². The number of anilines is 1. The van der Waals surface area contributed by atoms with Gasteiger partial charge in [-0.25, -0.2) is 4.98 Å². The van der Waals surface area contributed by atoms with Crippen LogP contribution in [0.2, 0.25) is 0 Å². The number of benzene rings is 3. The van der Waals surface area contributed by atoms with E-state index in [2.05, 4.69) is 20.5 Å². The second-order valence-corrected chi connectivity index (χ2v) is 7.48. The molecule has 0 aliphatic carbocycles. The molecule has 0 radical (unpaired) electrons. The molecular weight excluding hydrogens is 384 g/mol. The van der Waals surface area contributed by atoms with Gasteiger partial charge in [-0.1, -0.05) is 60.3 Å². The smallest absolute Gasteiger partial charge is 0.234 e. The molecule has 6 nitrogen and oxygen atoms in total. The molecule has 0 aliphatic heterocycles. The summed E-state index contributed by atoms with van der Waals surface area (Å²) >= 11 is 1.28. The number of H-pyrrole nitrogens is 1. The average molecular weight is 404 g/mol. The maximum atomic E-state index is 12.4. The highest BCUT2D eigenvalue weighted by molar-refractivity contribution is 7.99. The summed E-state index contributed by atoms with van der Waals surface area (Å²) in [6.07, 6.45) is 0. The summed E-state index contributed by atoms with van der Waals surface area (Å²) in [7, 11) is 0. The largest absolute Gasteiger partial charge is 0.486 e. The minimum Gasteiger partial charge on any atom is -0.486 e. The zero-order valence-corrected chi connectivity index (χ0v) is 16.7. The van der Waals surface area contributed by atoms with Crippen molar-refractivity contribution < 1.29 is 9.53 Å². The number of amides is 1. The lowest BCUT2D eigenvalue weighted by atomic mass is 10.1. The van der Waals surface area contributed by atoms with Crippen molar-refractivity contribution in [3.63, 3.8) is 0 Å². The van der Waals surface area contributed by atoms with Gasteiger partial charge in [-0.05, 0) is 36.1 Å². The molecule has 3 aromatic carbocycles. The number of carbonyl (C=O) groups is 1. The molecule has 0 saturated carbocycles. The topological polar surface area (TPSA) is 79.9 Å². The minimum absolute atomic E-state index is 0.103. The normalized spacial score (nSPS) is 10.8. The van der Waals surface area contributed by atoms with Gasteiger partial charge in [0, 0.05) is 11.1 Å². The number of carbonyl (C=O) groups excluding carboxylic acids is 1. The first-order valence-electron chi connectivity index (χ1n) is 9.18. The Kier molecular flexibility index (Phi) is 5.76. The number of rotatable bonds is 7. The molecule has 4 aromatic rings. The van der Waals surface area contributed by atoms with E-state index in [9.17, 15) is 4.79 Å². The molecule has 7 heteroatoms. The van der Waals surface area contributed by atoms with Crippen molar-refractivity contribution in [2.75, 3.05) is 11.1 Å². The average Bonchev–Trinajstić information content (AvgIpc) is 3.19. The summed E-state index contributed by atoms with van der Waals surface area (Å²) in [6, 6.07) is 21.6. The third kappa shape index (κ3) is 4.94. The summed E-state index contributed by atoms with van der Waals surface area (Å²) in [5.74, 6) is 1.52. The van der Waals surface area contributed by atoms with E-state index in [0.717, 1.165) is 27.8 Å². The number of nitrogens with one attached hydrogen (secondary N) is 2. The fourth-order valence-corrected chi connectivity index (χ4v) is 3.53. The number of fused-ring (bicyclic) bond motifs is 1.